The zero-order valence-corrected chi connectivity index (χ0v) is 11.3. The van der Waals surface area contributed by atoms with Gasteiger partial charge in [-0.15, -0.1) is 10.2 Å². The number of hydrogen-bond acceptors (Lipinski definition) is 6. The molecule has 0 aliphatic carbocycles. The Bertz CT molecular complexity index is 504. The van der Waals surface area contributed by atoms with Crippen LogP contribution in [-0.4, -0.2) is 33.5 Å². The second-order valence-electron chi connectivity index (χ2n) is 4.31. The molecule has 0 unspecified atom stereocenters. The van der Waals surface area contributed by atoms with Gasteiger partial charge in [0.05, 0.1) is 5.54 Å². The molecule has 94 valence electrons. The monoisotopic (exact) mass is 255 g/mol. The summed E-state index contributed by atoms with van der Waals surface area (Å²) < 4.78 is 6.81. The maximum atomic E-state index is 5.06. The highest BCUT2D eigenvalue weighted by Gasteiger charge is 2.25. The van der Waals surface area contributed by atoms with Gasteiger partial charge in [0, 0.05) is 7.11 Å². The molecule has 1 N–H and O–H groups in total. The second-order valence-corrected chi connectivity index (χ2v) is 5.26. The molecule has 0 saturated heterocycles. The van der Waals surface area contributed by atoms with Crippen LogP contribution in [0.5, 0.6) is 0 Å². The van der Waals surface area contributed by atoms with E-state index in [1.54, 1.807) is 23.0 Å². The minimum Gasteiger partial charge on any atom is -0.377 e. The topological polar surface area (TPSA) is 64.3 Å². The Labute approximate surface area is 104 Å². The summed E-state index contributed by atoms with van der Waals surface area (Å²) in [6, 6.07) is 0. The number of rotatable bonds is 5. The summed E-state index contributed by atoms with van der Waals surface area (Å²) in [6.07, 6.45) is 0. The molecule has 0 saturated carbocycles. The van der Waals surface area contributed by atoms with E-state index in [9.17, 15) is 0 Å². The van der Waals surface area contributed by atoms with Crippen LogP contribution >= 0.6 is 11.3 Å². The smallest absolute Gasteiger partial charge is 0.234 e. The summed E-state index contributed by atoms with van der Waals surface area (Å²) in [5.41, 5.74) is -0.148. The van der Waals surface area contributed by atoms with E-state index in [1.165, 1.54) is 0 Å². The number of aromatic nitrogens is 4. The fourth-order valence-electron chi connectivity index (χ4n) is 1.65. The van der Waals surface area contributed by atoms with Crippen molar-refractivity contribution in [2.75, 3.05) is 13.7 Å². The van der Waals surface area contributed by atoms with Gasteiger partial charge in [0.1, 0.15) is 11.6 Å². The number of nitrogens with zero attached hydrogens (tertiary/aromatic N) is 4. The van der Waals surface area contributed by atoms with E-state index in [0.717, 1.165) is 22.3 Å². The van der Waals surface area contributed by atoms with Gasteiger partial charge in [-0.25, -0.2) is 0 Å². The van der Waals surface area contributed by atoms with Crippen molar-refractivity contribution in [3.8, 4) is 0 Å². The molecule has 0 bridgehead atoms. The first kappa shape index (κ1) is 12.4. The van der Waals surface area contributed by atoms with E-state index in [2.05, 4.69) is 41.4 Å². The summed E-state index contributed by atoms with van der Waals surface area (Å²) in [5.74, 6) is 0.734. The van der Waals surface area contributed by atoms with Gasteiger partial charge in [-0.1, -0.05) is 18.3 Å². The van der Waals surface area contributed by atoms with E-state index < -0.39 is 0 Å². The largest absolute Gasteiger partial charge is 0.377 e. The predicted octanol–water partition coefficient (Wildman–Crippen LogP) is 1.18. The third kappa shape index (κ3) is 2.31. The molecule has 0 aromatic carbocycles. The van der Waals surface area contributed by atoms with E-state index in [4.69, 9.17) is 4.74 Å². The van der Waals surface area contributed by atoms with Crippen LogP contribution < -0.4 is 5.32 Å². The molecule has 0 aliphatic rings. The van der Waals surface area contributed by atoms with Crippen LogP contribution in [0.25, 0.3) is 4.96 Å². The first-order chi connectivity index (χ1) is 8.08. The minimum atomic E-state index is -0.148. The molecule has 0 radical (unpaired) electrons. The van der Waals surface area contributed by atoms with Gasteiger partial charge in [0.15, 0.2) is 5.82 Å². The molecule has 6 nitrogen and oxygen atoms in total. The molecule has 0 fully saturated rings. The van der Waals surface area contributed by atoms with Crippen molar-refractivity contribution in [2.45, 2.75) is 32.9 Å². The number of methoxy groups -OCH3 is 1. The third-order valence-corrected chi connectivity index (χ3v) is 3.70. The summed E-state index contributed by atoms with van der Waals surface area (Å²) >= 11 is 1.55. The maximum Gasteiger partial charge on any atom is 0.234 e. The Morgan fingerprint density at radius 3 is 2.82 bits per heavy atom. The first-order valence-electron chi connectivity index (χ1n) is 5.54. The molecule has 2 aromatic heterocycles. The van der Waals surface area contributed by atoms with Crippen molar-refractivity contribution in [1.82, 2.24) is 25.1 Å². The summed E-state index contributed by atoms with van der Waals surface area (Å²) in [6.45, 7) is 7.62. The molecular formula is C10H17N5OS. The van der Waals surface area contributed by atoms with Crippen molar-refractivity contribution in [3.05, 3.63) is 10.8 Å². The molecule has 0 atom stereocenters. The van der Waals surface area contributed by atoms with Crippen LogP contribution in [0, 0.1) is 0 Å². The Kier molecular flexibility index (Phi) is 3.41. The van der Waals surface area contributed by atoms with Crippen LogP contribution in [-0.2, 0) is 16.9 Å². The third-order valence-electron chi connectivity index (χ3n) is 2.48. The molecule has 2 rings (SSSR count). The van der Waals surface area contributed by atoms with Crippen LogP contribution in [0.4, 0.5) is 0 Å². The number of nitrogens with one attached hydrogen (secondary N) is 1. The number of ether oxygens (including phenoxy) is 1. The number of fused-ring (bicyclic) bond motifs is 1. The second kappa shape index (κ2) is 4.67. The van der Waals surface area contributed by atoms with Crippen molar-refractivity contribution < 1.29 is 4.74 Å². The van der Waals surface area contributed by atoms with Gasteiger partial charge in [-0.3, -0.25) is 0 Å². The van der Waals surface area contributed by atoms with Crippen molar-refractivity contribution in [1.29, 1.82) is 0 Å². The predicted molar refractivity (Wildman–Crippen MR) is 66.1 cm³/mol. The van der Waals surface area contributed by atoms with Crippen LogP contribution in [0.1, 0.15) is 31.6 Å². The SMILES string of the molecule is CCNC(C)(C)c1nn2c(COC)nnc2s1. The van der Waals surface area contributed by atoms with E-state index in [0.29, 0.717) is 6.61 Å². The molecule has 17 heavy (non-hydrogen) atoms. The first-order valence-corrected chi connectivity index (χ1v) is 6.35. The van der Waals surface area contributed by atoms with Gasteiger partial charge >= 0.3 is 0 Å². The van der Waals surface area contributed by atoms with Crippen LogP contribution in [0.3, 0.4) is 0 Å². The van der Waals surface area contributed by atoms with Crippen molar-refractivity contribution >= 4 is 16.3 Å². The summed E-state index contributed by atoms with van der Waals surface area (Å²) in [4.78, 5) is 0.804. The Hall–Kier alpha value is -1.05. The fourth-order valence-corrected chi connectivity index (χ4v) is 2.58. The lowest BCUT2D eigenvalue weighted by atomic mass is 10.1. The average Bonchev–Trinajstić information content (AvgIpc) is 2.80. The molecule has 0 spiro atoms. The Morgan fingerprint density at radius 1 is 1.41 bits per heavy atom. The quantitative estimate of drug-likeness (QED) is 0.869. The summed E-state index contributed by atoms with van der Waals surface area (Å²) in [7, 11) is 1.64. The normalized spacial score (nSPS) is 12.5. The lowest BCUT2D eigenvalue weighted by Gasteiger charge is -2.21. The van der Waals surface area contributed by atoms with E-state index in [1.807, 2.05) is 0 Å². The molecular weight excluding hydrogens is 238 g/mol. The fraction of sp³-hybridized carbons (Fsp3) is 0.700. The molecule has 0 amide bonds. The van der Waals surface area contributed by atoms with Crippen LogP contribution in [0.15, 0.2) is 0 Å². The zero-order chi connectivity index (χ0) is 12.5. The molecule has 0 aliphatic heterocycles. The van der Waals surface area contributed by atoms with Crippen LogP contribution in [0.2, 0.25) is 0 Å². The molecule has 7 heteroatoms. The highest BCUT2D eigenvalue weighted by atomic mass is 32.1. The van der Waals surface area contributed by atoms with E-state index >= 15 is 0 Å². The standard InChI is InChI=1S/C10H17N5OS/c1-5-11-10(2,3)8-14-15-7(6-16-4)12-13-9(15)17-8/h11H,5-6H2,1-4H3. The van der Waals surface area contributed by atoms with Gasteiger partial charge in [-0.2, -0.15) is 9.61 Å². The minimum absolute atomic E-state index is 0.148. The maximum absolute atomic E-state index is 5.06. The summed E-state index contributed by atoms with van der Waals surface area (Å²) in [5, 5.41) is 17.1. The highest BCUT2D eigenvalue weighted by Crippen LogP contribution is 2.25. The molecule has 2 heterocycles. The lowest BCUT2D eigenvalue weighted by Crippen LogP contribution is -2.36. The molecule has 2 aromatic rings. The lowest BCUT2D eigenvalue weighted by molar-refractivity contribution is 0.176. The van der Waals surface area contributed by atoms with Gasteiger partial charge in [0.25, 0.3) is 0 Å². The van der Waals surface area contributed by atoms with E-state index in [-0.39, 0.29) is 5.54 Å². The van der Waals surface area contributed by atoms with Gasteiger partial charge < -0.3 is 10.1 Å². The van der Waals surface area contributed by atoms with Gasteiger partial charge in [-0.05, 0) is 20.4 Å². The zero-order valence-electron chi connectivity index (χ0n) is 10.5. The Balaban J connectivity index is 2.37. The Morgan fingerprint density at radius 2 is 2.18 bits per heavy atom. The average molecular weight is 255 g/mol. The highest BCUT2D eigenvalue weighted by molar-refractivity contribution is 7.16. The number of hydrogen-bond donors (Lipinski definition) is 1. The van der Waals surface area contributed by atoms with Crippen molar-refractivity contribution in [2.24, 2.45) is 0 Å². The van der Waals surface area contributed by atoms with Gasteiger partial charge in [0.2, 0.25) is 4.96 Å². The van der Waals surface area contributed by atoms with Crippen molar-refractivity contribution in [3.63, 3.8) is 0 Å².